The minimum atomic E-state index is -0.508. The third-order valence-corrected chi connectivity index (χ3v) is 7.14. The molecule has 0 unspecified atom stereocenters. The lowest BCUT2D eigenvalue weighted by Gasteiger charge is -2.27. The quantitative estimate of drug-likeness (QED) is 0.154. The molecule has 6 heteroatoms. The summed E-state index contributed by atoms with van der Waals surface area (Å²) in [4.78, 5) is 26.5. The van der Waals surface area contributed by atoms with Gasteiger partial charge in [-0.3, -0.25) is 4.79 Å². The molecule has 0 N–H and O–H groups in total. The first-order valence-corrected chi connectivity index (χ1v) is 12.7. The van der Waals surface area contributed by atoms with E-state index in [2.05, 4.69) is 10.6 Å². The van der Waals surface area contributed by atoms with Crippen LogP contribution in [-0.4, -0.2) is 35.6 Å². The Morgan fingerprint density at radius 3 is 2.21 bits per heavy atom. The molecule has 1 aliphatic heterocycles. The van der Waals surface area contributed by atoms with Gasteiger partial charge >= 0.3 is 5.97 Å². The SMILES string of the molecule is Cc1cc(C(=O)COC(=O)c2c3ccccc3cc3ccccc23)c(C)n1C[C@H]1COc2ccccc2O1. The molecule has 1 atom stereocenters. The number of aryl methyl sites for hydroxylation is 1. The van der Waals surface area contributed by atoms with E-state index >= 15 is 0 Å². The highest BCUT2D eigenvalue weighted by Crippen LogP contribution is 2.32. The zero-order valence-corrected chi connectivity index (χ0v) is 21.3. The molecule has 0 bridgehead atoms. The van der Waals surface area contributed by atoms with Gasteiger partial charge in [0.15, 0.2) is 24.2 Å². The van der Waals surface area contributed by atoms with Crippen LogP contribution in [0.5, 0.6) is 11.5 Å². The van der Waals surface area contributed by atoms with Gasteiger partial charge in [0, 0.05) is 17.0 Å². The summed E-state index contributed by atoms with van der Waals surface area (Å²) >= 11 is 0. The molecule has 1 aromatic heterocycles. The number of fused-ring (bicyclic) bond motifs is 3. The van der Waals surface area contributed by atoms with Crippen LogP contribution in [0, 0.1) is 13.8 Å². The third-order valence-electron chi connectivity index (χ3n) is 7.14. The molecular formula is C32H27NO5. The van der Waals surface area contributed by atoms with Gasteiger partial charge in [0.25, 0.3) is 0 Å². The summed E-state index contributed by atoms with van der Waals surface area (Å²) in [5.41, 5.74) is 2.75. The van der Waals surface area contributed by atoms with E-state index in [1.54, 1.807) is 0 Å². The van der Waals surface area contributed by atoms with Gasteiger partial charge < -0.3 is 18.8 Å². The Hall–Kier alpha value is -4.58. The molecule has 1 aliphatic rings. The number of ketones is 1. The maximum atomic E-state index is 13.3. The van der Waals surface area contributed by atoms with Crippen LogP contribution in [0.4, 0.5) is 0 Å². The fourth-order valence-electron chi connectivity index (χ4n) is 5.24. The molecule has 0 spiro atoms. The van der Waals surface area contributed by atoms with Crippen molar-refractivity contribution in [1.82, 2.24) is 4.57 Å². The van der Waals surface area contributed by atoms with Gasteiger partial charge in [-0.05, 0) is 59.7 Å². The molecule has 4 aromatic carbocycles. The number of hydrogen-bond donors (Lipinski definition) is 0. The van der Waals surface area contributed by atoms with Gasteiger partial charge in [-0.2, -0.15) is 0 Å². The van der Waals surface area contributed by atoms with Crippen molar-refractivity contribution < 1.29 is 23.8 Å². The molecule has 190 valence electrons. The van der Waals surface area contributed by atoms with Crippen LogP contribution in [0.3, 0.4) is 0 Å². The maximum absolute atomic E-state index is 13.3. The van der Waals surface area contributed by atoms with Gasteiger partial charge in [-0.1, -0.05) is 60.7 Å². The Morgan fingerprint density at radius 1 is 0.868 bits per heavy atom. The summed E-state index contributed by atoms with van der Waals surface area (Å²) in [7, 11) is 0. The minimum Gasteiger partial charge on any atom is -0.486 e. The topological polar surface area (TPSA) is 66.8 Å². The summed E-state index contributed by atoms with van der Waals surface area (Å²) in [5.74, 6) is 0.705. The summed E-state index contributed by atoms with van der Waals surface area (Å²) in [5, 5.41) is 3.50. The molecular weight excluding hydrogens is 478 g/mol. The third kappa shape index (κ3) is 4.28. The van der Waals surface area contributed by atoms with Crippen LogP contribution >= 0.6 is 0 Å². The van der Waals surface area contributed by atoms with Crippen LogP contribution in [-0.2, 0) is 11.3 Å². The average Bonchev–Trinajstić information content (AvgIpc) is 3.22. The van der Waals surface area contributed by atoms with Gasteiger partial charge in [0.2, 0.25) is 5.78 Å². The van der Waals surface area contributed by atoms with Gasteiger partial charge in [0.05, 0.1) is 12.1 Å². The fraction of sp³-hybridized carbons (Fsp3) is 0.188. The van der Waals surface area contributed by atoms with Crippen molar-refractivity contribution >= 4 is 33.3 Å². The summed E-state index contributed by atoms with van der Waals surface area (Å²) < 4.78 is 19.6. The second-order valence-electron chi connectivity index (χ2n) is 9.59. The van der Waals surface area contributed by atoms with Crippen molar-refractivity contribution in [2.24, 2.45) is 0 Å². The summed E-state index contributed by atoms with van der Waals surface area (Å²) in [6, 6.07) is 26.9. The van der Waals surface area contributed by atoms with Crippen LogP contribution in [0.25, 0.3) is 21.5 Å². The molecule has 0 aliphatic carbocycles. The van der Waals surface area contributed by atoms with E-state index in [0.29, 0.717) is 24.3 Å². The number of rotatable bonds is 6. The number of carbonyl (C=O) groups is 2. The number of aromatic nitrogens is 1. The van der Waals surface area contributed by atoms with Crippen LogP contribution < -0.4 is 9.47 Å². The lowest BCUT2D eigenvalue weighted by Crippen LogP contribution is -2.33. The lowest BCUT2D eigenvalue weighted by atomic mass is 9.97. The summed E-state index contributed by atoms with van der Waals surface area (Å²) in [6.45, 7) is 4.49. The Labute approximate surface area is 220 Å². The number of benzene rings is 4. The highest BCUT2D eigenvalue weighted by Gasteiger charge is 2.25. The van der Waals surface area contributed by atoms with E-state index in [1.165, 1.54) is 0 Å². The van der Waals surface area contributed by atoms with E-state index in [-0.39, 0.29) is 18.5 Å². The van der Waals surface area contributed by atoms with E-state index in [4.69, 9.17) is 14.2 Å². The largest absolute Gasteiger partial charge is 0.486 e. The Bertz CT molecular complexity index is 1650. The molecule has 0 radical (unpaired) electrons. The number of nitrogens with zero attached hydrogens (tertiary/aromatic N) is 1. The molecule has 5 aromatic rings. The Balaban J connectivity index is 1.20. The fourth-order valence-corrected chi connectivity index (χ4v) is 5.24. The summed E-state index contributed by atoms with van der Waals surface area (Å²) in [6.07, 6.45) is -0.185. The molecule has 0 saturated carbocycles. The first-order valence-electron chi connectivity index (χ1n) is 12.7. The van der Waals surface area contributed by atoms with Gasteiger partial charge in [0.1, 0.15) is 6.61 Å². The van der Waals surface area contributed by atoms with Crippen LogP contribution in [0.2, 0.25) is 0 Å². The Morgan fingerprint density at radius 2 is 1.50 bits per heavy atom. The predicted molar refractivity (Wildman–Crippen MR) is 146 cm³/mol. The average molecular weight is 506 g/mol. The number of Topliss-reactive ketones (excluding diaryl/α,β-unsaturated/α-hetero) is 1. The van der Waals surface area contributed by atoms with Crippen molar-refractivity contribution in [3.05, 3.63) is 107 Å². The Kier molecular flexibility index (Phi) is 6.08. The zero-order chi connectivity index (χ0) is 26.2. The van der Waals surface area contributed by atoms with Crippen molar-refractivity contribution in [1.29, 1.82) is 0 Å². The minimum absolute atomic E-state index is 0.185. The standard InChI is InChI=1S/C32H27NO5/c1-20-15-27(21(2)33(20)17-24-18-36-29-13-7-8-14-30(29)38-24)28(34)19-37-32(35)31-25-11-5-3-9-22(25)16-23-10-4-6-12-26(23)31/h3-16,24H,17-19H2,1-2H3/t24-/m0/s1. The first kappa shape index (κ1) is 23.8. The monoisotopic (exact) mass is 505 g/mol. The van der Waals surface area contributed by atoms with E-state index < -0.39 is 5.97 Å². The van der Waals surface area contributed by atoms with Crippen molar-refractivity contribution in [3.8, 4) is 11.5 Å². The van der Waals surface area contributed by atoms with Gasteiger partial charge in [-0.25, -0.2) is 4.79 Å². The number of ether oxygens (including phenoxy) is 3. The predicted octanol–water partition coefficient (Wildman–Crippen LogP) is 6.29. The number of carbonyl (C=O) groups excluding carboxylic acids is 2. The second-order valence-corrected chi connectivity index (χ2v) is 9.59. The smallest absolute Gasteiger partial charge is 0.339 e. The van der Waals surface area contributed by atoms with Crippen molar-refractivity contribution in [2.45, 2.75) is 26.5 Å². The highest BCUT2D eigenvalue weighted by molar-refractivity contribution is 6.17. The number of hydrogen-bond acceptors (Lipinski definition) is 5. The number of esters is 1. The van der Waals surface area contributed by atoms with E-state index in [1.807, 2.05) is 92.7 Å². The molecule has 38 heavy (non-hydrogen) atoms. The molecule has 6 rings (SSSR count). The molecule has 0 saturated heterocycles. The van der Waals surface area contributed by atoms with Crippen molar-refractivity contribution in [3.63, 3.8) is 0 Å². The normalized spacial score (nSPS) is 14.5. The maximum Gasteiger partial charge on any atom is 0.339 e. The van der Waals surface area contributed by atoms with Gasteiger partial charge in [-0.15, -0.1) is 0 Å². The van der Waals surface area contributed by atoms with E-state index in [0.717, 1.165) is 44.4 Å². The molecule has 2 heterocycles. The number of para-hydroxylation sites is 2. The first-order chi connectivity index (χ1) is 18.5. The zero-order valence-electron chi connectivity index (χ0n) is 21.3. The van der Waals surface area contributed by atoms with E-state index in [9.17, 15) is 9.59 Å². The molecule has 0 fully saturated rings. The molecule has 0 amide bonds. The van der Waals surface area contributed by atoms with Crippen LogP contribution in [0.15, 0.2) is 84.9 Å². The second kappa shape index (κ2) is 9.71. The van der Waals surface area contributed by atoms with Crippen LogP contribution in [0.1, 0.15) is 32.1 Å². The highest BCUT2D eigenvalue weighted by atomic mass is 16.6. The lowest BCUT2D eigenvalue weighted by molar-refractivity contribution is 0.0478. The van der Waals surface area contributed by atoms with Crippen molar-refractivity contribution in [2.75, 3.05) is 13.2 Å². The molecule has 6 nitrogen and oxygen atoms in total.